The fraction of sp³-hybridized carbons (Fsp3) is 0.357. The molecule has 0 radical (unpaired) electrons. The van der Waals surface area contributed by atoms with Crippen molar-refractivity contribution in [3.8, 4) is 6.07 Å². The Morgan fingerprint density at radius 2 is 2.30 bits per heavy atom. The van der Waals surface area contributed by atoms with Crippen LogP contribution in [0.4, 0.5) is 0 Å². The summed E-state index contributed by atoms with van der Waals surface area (Å²) < 4.78 is 2.16. The number of imidazole rings is 1. The van der Waals surface area contributed by atoms with Crippen LogP contribution in [0.2, 0.25) is 0 Å². The lowest BCUT2D eigenvalue weighted by Crippen LogP contribution is -2.30. The molecule has 2 aromatic rings. The Kier molecular flexibility index (Phi) is 4.20. The molecule has 0 aliphatic carbocycles. The van der Waals surface area contributed by atoms with Crippen molar-refractivity contribution in [3.05, 3.63) is 28.5 Å². The molecular formula is C14H16N4OS. The molecule has 0 aliphatic rings. The van der Waals surface area contributed by atoms with Crippen LogP contribution in [0.3, 0.4) is 0 Å². The highest BCUT2D eigenvalue weighted by atomic mass is 32.1. The van der Waals surface area contributed by atoms with Crippen molar-refractivity contribution in [2.75, 3.05) is 6.54 Å². The van der Waals surface area contributed by atoms with Gasteiger partial charge in [-0.1, -0.05) is 19.9 Å². The summed E-state index contributed by atoms with van der Waals surface area (Å²) in [6.45, 7) is 4.87. The second-order valence-corrected chi connectivity index (χ2v) is 5.41. The highest BCUT2D eigenvalue weighted by molar-refractivity contribution is 7.71. The molecule has 0 atom stereocenters. The molecule has 0 spiro atoms. The normalized spacial score (nSPS) is 10.7. The molecule has 0 aliphatic heterocycles. The number of nitrogens with one attached hydrogen (secondary N) is 2. The van der Waals surface area contributed by atoms with Gasteiger partial charge in [-0.2, -0.15) is 5.26 Å². The van der Waals surface area contributed by atoms with E-state index in [0.717, 1.165) is 5.52 Å². The number of hydrogen-bond acceptors (Lipinski definition) is 3. The molecule has 0 saturated heterocycles. The quantitative estimate of drug-likeness (QED) is 0.848. The molecule has 1 aromatic heterocycles. The van der Waals surface area contributed by atoms with Gasteiger partial charge in [-0.15, -0.1) is 0 Å². The molecule has 104 valence electrons. The number of H-pyrrole nitrogens is 1. The molecule has 1 amide bonds. The van der Waals surface area contributed by atoms with Gasteiger partial charge in [0, 0.05) is 6.54 Å². The number of para-hydroxylation sites is 1. The molecule has 0 fully saturated rings. The topological polar surface area (TPSA) is 73.6 Å². The van der Waals surface area contributed by atoms with Gasteiger partial charge >= 0.3 is 0 Å². The lowest BCUT2D eigenvalue weighted by atomic mass is 10.2. The molecular weight excluding hydrogens is 272 g/mol. The zero-order chi connectivity index (χ0) is 14.7. The van der Waals surface area contributed by atoms with E-state index in [4.69, 9.17) is 17.5 Å². The first-order valence-electron chi connectivity index (χ1n) is 6.41. The monoisotopic (exact) mass is 288 g/mol. The van der Waals surface area contributed by atoms with Crippen LogP contribution in [0.25, 0.3) is 11.0 Å². The van der Waals surface area contributed by atoms with Gasteiger partial charge in [-0.05, 0) is 30.3 Å². The molecule has 2 rings (SSSR count). The maximum absolute atomic E-state index is 11.9. The Bertz CT molecular complexity index is 736. The lowest BCUT2D eigenvalue weighted by molar-refractivity contribution is -0.121. The predicted octanol–water partition coefficient (Wildman–Crippen LogP) is 2.34. The summed E-state index contributed by atoms with van der Waals surface area (Å²) in [5.41, 5.74) is 1.97. The van der Waals surface area contributed by atoms with Crippen molar-refractivity contribution >= 4 is 29.2 Å². The van der Waals surface area contributed by atoms with Crippen LogP contribution in [0.5, 0.6) is 0 Å². The molecule has 0 bridgehead atoms. The number of amides is 1. The zero-order valence-corrected chi connectivity index (χ0v) is 12.3. The van der Waals surface area contributed by atoms with Gasteiger partial charge in [0.1, 0.15) is 12.6 Å². The van der Waals surface area contributed by atoms with E-state index in [0.29, 0.717) is 28.3 Å². The highest BCUT2D eigenvalue weighted by Crippen LogP contribution is 2.17. The Morgan fingerprint density at radius 3 is 2.95 bits per heavy atom. The van der Waals surface area contributed by atoms with Crippen molar-refractivity contribution in [1.82, 2.24) is 14.9 Å². The average molecular weight is 288 g/mol. The van der Waals surface area contributed by atoms with E-state index in [1.807, 2.05) is 19.9 Å². The minimum absolute atomic E-state index is 0.0851. The lowest BCUT2D eigenvalue weighted by Gasteiger charge is -2.08. The van der Waals surface area contributed by atoms with E-state index in [9.17, 15) is 4.79 Å². The van der Waals surface area contributed by atoms with Crippen molar-refractivity contribution in [2.24, 2.45) is 5.92 Å². The number of nitrogens with zero attached hydrogens (tertiary/aromatic N) is 2. The van der Waals surface area contributed by atoms with E-state index in [-0.39, 0.29) is 12.5 Å². The van der Waals surface area contributed by atoms with Crippen LogP contribution in [-0.2, 0) is 11.3 Å². The van der Waals surface area contributed by atoms with Gasteiger partial charge in [0.15, 0.2) is 4.77 Å². The van der Waals surface area contributed by atoms with Crippen molar-refractivity contribution in [1.29, 1.82) is 5.26 Å². The zero-order valence-electron chi connectivity index (χ0n) is 11.4. The van der Waals surface area contributed by atoms with Crippen LogP contribution in [0, 0.1) is 22.0 Å². The minimum atomic E-state index is -0.0851. The smallest absolute Gasteiger partial charge is 0.240 e. The molecule has 0 saturated carbocycles. The predicted molar refractivity (Wildman–Crippen MR) is 79.7 cm³/mol. The Balaban J connectivity index is 2.32. The fourth-order valence-corrected chi connectivity index (χ4v) is 2.21. The molecule has 1 aromatic carbocycles. The number of benzene rings is 1. The van der Waals surface area contributed by atoms with Crippen LogP contribution >= 0.6 is 12.2 Å². The minimum Gasteiger partial charge on any atom is -0.354 e. The average Bonchev–Trinajstić information content (AvgIpc) is 2.73. The Labute approximate surface area is 122 Å². The maximum Gasteiger partial charge on any atom is 0.240 e. The van der Waals surface area contributed by atoms with Gasteiger partial charge in [0.05, 0.1) is 16.6 Å². The summed E-state index contributed by atoms with van der Waals surface area (Å²) in [5.74, 6) is 0.318. The third kappa shape index (κ3) is 2.89. The summed E-state index contributed by atoms with van der Waals surface area (Å²) in [6.07, 6.45) is 0. The van der Waals surface area contributed by atoms with E-state index < -0.39 is 0 Å². The third-order valence-corrected chi connectivity index (χ3v) is 3.26. The second kappa shape index (κ2) is 5.88. The van der Waals surface area contributed by atoms with E-state index in [2.05, 4.69) is 16.4 Å². The van der Waals surface area contributed by atoms with E-state index in [1.165, 1.54) is 0 Å². The molecule has 1 heterocycles. The van der Waals surface area contributed by atoms with Gasteiger partial charge in [0.2, 0.25) is 5.91 Å². The van der Waals surface area contributed by atoms with Crippen LogP contribution < -0.4 is 5.32 Å². The first-order chi connectivity index (χ1) is 9.52. The van der Waals surface area contributed by atoms with Crippen LogP contribution in [0.15, 0.2) is 18.2 Å². The van der Waals surface area contributed by atoms with E-state index in [1.54, 1.807) is 16.7 Å². The summed E-state index contributed by atoms with van der Waals surface area (Å²) in [6, 6.07) is 7.46. The summed E-state index contributed by atoms with van der Waals surface area (Å²) in [7, 11) is 0. The number of aromatic amines is 1. The van der Waals surface area contributed by atoms with Crippen molar-refractivity contribution < 1.29 is 4.79 Å². The standard InChI is InChI=1S/C14H16N4OS/c1-9(2)7-16-12(19)8-18-11-5-3-4-10(6-15)13(11)17-14(18)20/h3-5,9H,7-8H2,1-2H3,(H,16,19)(H,17,20). The second-order valence-electron chi connectivity index (χ2n) is 5.03. The number of nitriles is 1. The maximum atomic E-state index is 11.9. The van der Waals surface area contributed by atoms with Gasteiger partial charge < -0.3 is 14.9 Å². The number of fused-ring (bicyclic) bond motifs is 1. The molecule has 2 N–H and O–H groups in total. The molecule has 6 heteroatoms. The van der Waals surface area contributed by atoms with E-state index >= 15 is 0 Å². The number of carbonyl (C=O) groups excluding carboxylic acids is 1. The Morgan fingerprint density at radius 1 is 1.55 bits per heavy atom. The Hall–Kier alpha value is -2.13. The number of hydrogen-bond donors (Lipinski definition) is 2. The first-order valence-corrected chi connectivity index (χ1v) is 6.82. The number of rotatable bonds is 4. The molecule has 20 heavy (non-hydrogen) atoms. The largest absolute Gasteiger partial charge is 0.354 e. The first kappa shape index (κ1) is 14.3. The number of carbonyl (C=O) groups is 1. The summed E-state index contributed by atoms with van der Waals surface area (Å²) >= 11 is 5.23. The molecule has 5 nitrogen and oxygen atoms in total. The number of aromatic nitrogens is 2. The molecule has 0 unspecified atom stereocenters. The fourth-order valence-electron chi connectivity index (χ4n) is 1.95. The SMILES string of the molecule is CC(C)CNC(=O)Cn1c(=S)[nH]c2c(C#N)cccc21. The van der Waals surface area contributed by atoms with Crippen LogP contribution in [0.1, 0.15) is 19.4 Å². The summed E-state index contributed by atoms with van der Waals surface area (Å²) in [4.78, 5) is 14.9. The highest BCUT2D eigenvalue weighted by Gasteiger charge is 2.11. The van der Waals surface area contributed by atoms with Gasteiger partial charge in [-0.25, -0.2) is 0 Å². The van der Waals surface area contributed by atoms with Crippen molar-refractivity contribution in [3.63, 3.8) is 0 Å². The van der Waals surface area contributed by atoms with Gasteiger partial charge in [-0.3, -0.25) is 4.79 Å². The van der Waals surface area contributed by atoms with Crippen LogP contribution in [-0.4, -0.2) is 22.0 Å². The third-order valence-electron chi connectivity index (χ3n) is 2.94. The van der Waals surface area contributed by atoms with Crippen molar-refractivity contribution in [2.45, 2.75) is 20.4 Å². The van der Waals surface area contributed by atoms with Gasteiger partial charge in [0.25, 0.3) is 0 Å². The summed E-state index contributed by atoms with van der Waals surface area (Å²) in [5, 5.41) is 11.9.